The molecule has 0 aromatic heterocycles. The Hall–Kier alpha value is -1.96. The van der Waals surface area contributed by atoms with Crippen LogP contribution in [0.1, 0.15) is 109 Å². The fourth-order valence-corrected chi connectivity index (χ4v) is 28.9. The third-order valence-electron chi connectivity index (χ3n) is 11.1. The van der Waals surface area contributed by atoms with Crippen molar-refractivity contribution in [2.24, 2.45) is 0 Å². The molecule has 6 rings (SSSR count). The van der Waals surface area contributed by atoms with Crippen molar-refractivity contribution in [3.8, 4) is 22.3 Å². The zero-order valence-corrected chi connectivity index (χ0v) is 36.3. The smallest absolute Gasteiger partial charge is 0.147 e. The largest absolute Gasteiger partial charge is 0.147 e. The SMILES string of the molecule is CCC1=Cc2c(-c3ccc(C(C)(C)C)cc3)cccc2[CH]1[Zr]([CH3])([CH3])(=[SiH2])[CH]1C(CC)=Cc2c(-c3ccc(C(C)(C)C)cc3)cccc21.Cl.Cl. The van der Waals surface area contributed by atoms with Gasteiger partial charge in [-0.25, -0.2) is 0 Å². The summed E-state index contributed by atoms with van der Waals surface area (Å²) in [6.07, 6.45) is 7.41. The Labute approximate surface area is 306 Å². The van der Waals surface area contributed by atoms with Gasteiger partial charge in [-0.2, -0.15) is 0 Å². The first-order valence-electron chi connectivity index (χ1n) is 17.5. The standard InChI is InChI=1S/2C21H23.2CH3.2ClH.H2Si.Zr/c2*1-5-15-13-17-7-6-8-19(20(17)14-15)16-9-11-18(12-10-16)21(2,3)4;;;;;;/h2*6-14H,5H2,1-4H3;2*1H3;2*1H;1H2;. The summed E-state index contributed by atoms with van der Waals surface area (Å²) in [4.78, 5) is 0. The second-order valence-corrected chi connectivity index (χ2v) is 47.7. The summed E-state index contributed by atoms with van der Waals surface area (Å²) < 4.78 is 6.63. The first-order valence-corrected chi connectivity index (χ1v) is 31.2. The van der Waals surface area contributed by atoms with Crippen molar-refractivity contribution in [3.05, 3.63) is 129 Å². The molecule has 0 amide bonds. The Morgan fingerprint density at radius 2 is 0.875 bits per heavy atom. The van der Waals surface area contributed by atoms with Crippen LogP contribution in [0.5, 0.6) is 0 Å². The molecule has 0 saturated heterocycles. The molecule has 254 valence electrons. The van der Waals surface area contributed by atoms with E-state index in [1.807, 2.05) is 0 Å². The molecule has 2 unspecified atom stereocenters. The molecule has 2 aliphatic rings. The molecule has 0 spiro atoms. The number of benzene rings is 4. The second kappa shape index (κ2) is 13.6. The summed E-state index contributed by atoms with van der Waals surface area (Å²) in [5.41, 5.74) is 17.9. The molecule has 0 aliphatic heterocycles. The number of fused-ring (bicyclic) bond motifs is 2. The fourth-order valence-electron chi connectivity index (χ4n) is 8.75. The Morgan fingerprint density at radius 1 is 0.542 bits per heavy atom. The Balaban J connectivity index is 0.00000260. The summed E-state index contributed by atoms with van der Waals surface area (Å²) in [5, 5.41) is 0. The Morgan fingerprint density at radius 3 is 1.17 bits per heavy atom. The number of halogens is 2. The molecular formula is C44H56Cl2SiZr. The van der Waals surface area contributed by atoms with E-state index < -0.39 is 17.4 Å². The molecule has 48 heavy (non-hydrogen) atoms. The molecule has 0 heterocycles. The van der Waals surface area contributed by atoms with E-state index in [9.17, 15) is 0 Å². The molecule has 4 aromatic rings. The third kappa shape index (κ3) is 6.74. The van der Waals surface area contributed by atoms with Crippen LogP contribution in [0.3, 0.4) is 0 Å². The van der Waals surface area contributed by atoms with Gasteiger partial charge in [-0.05, 0) is 0 Å². The van der Waals surface area contributed by atoms with Crippen LogP contribution in [0, 0.1) is 0 Å². The summed E-state index contributed by atoms with van der Waals surface area (Å²) in [6, 6.07) is 33.0. The van der Waals surface area contributed by atoms with Crippen molar-refractivity contribution in [1.82, 2.24) is 0 Å². The van der Waals surface area contributed by atoms with E-state index in [0.717, 1.165) is 12.8 Å². The Kier molecular flexibility index (Phi) is 11.0. The number of hydrogen-bond donors (Lipinski definition) is 0. The number of hydrogen-bond acceptors (Lipinski definition) is 0. The monoisotopic (exact) mass is 772 g/mol. The van der Waals surface area contributed by atoms with E-state index in [0.29, 0.717) is 7.25 Å². The third-order valence-corrected chi connectivity index (χ3v) is 28.6. The van der Waals surface area contributed by atoms with Gasteiger partial charge in [0.05, 0.1) is 0 Å². The van der Waals surface area contributed by atoms with Crippen molar-refractivity contribution in [2.45, 2.75) is 95.6 Å². The van der Waals surface area contributed by atoms with Gasteiger partial charge in [-0.1, -0.05) is 0 Å². The predicted molar refractivity (Wildman–Crippen MR) is 218 cm³/mol. The topological polar surface area (TPSA) is 0 Å². The molecule has 0 fully saturated rings. The minimum absolute atomic E-state index is 0. The molecule has 0 saturated carbocycles. The summed E-state index contributed by atoms with van der Waals surface area (Å²) in [6.45, 7) is 21.0. The minimum Gasteiger partial charge on any atom is -0.147 e. The maximum atomic E-state index is 2.78. The zero-order chi connectivity index (χ0) is 33.3. The van der Waals surface area contributed by atoms with E-state index in [2.05, 4.69) is 169 Å². The van der Waals surface area contributed by atoms with E-state index in [1.54, 1.807) is 22.3 Å². The van der Waals surface area contributed by atoms with Gasteiger partial charge in [-0.3, -0.25) is 0 Å². The van der Waals surface area contributed by atoms with Crippen LogP contribution >= 0.6 is 24.8 Å². The van der Waals surface area contributed by atoms with Gasteiger partial charge in [-0.15, -0.1) is 24.8 Å². The van der Waals surface area contributed by atoms with Gasteiger partial charge in [0, 0.05) is 0 Å². The van der Waals surface area contributed by atoms with Crippen molar-refractivity contribution in [3.63, 3.8) is 0 Å². The van der Waals surface area contributed by atoms with Gasteiger partial charge in [0.15, 0.2) is 0 Å². The summed E-state index contributed by atoms with van der Waals surface area (Å²) >= 11 is -3.64. The fraction of sp³-hybridized carbons (Fsp3) is 0.364. The van der Waals surface area contributed by atoms with Gasteiger partial charge < -0.3 is 0 Å². The average Bonchev–Trinajstić information content (AvgIpc) is 3.60. The van der Waals surface area contributed by atoms with Gasteiger partial charge in [0.1, 0.15) is 0 Å². The van der Waals surface area contributed by atoms with E-state index in [1.165, 1.54) is 44.5 Å². The molecule has 2 atom stereocenters. The predicted octanol–water partition coefficient (Wildman–Crippen LogP) is 13.2. The maximum absolute atomic E-state index is 3.64. The van der Waals surface area contributed by atoms with Crippen LogP contribution in [0.4, 0.5) is 0 Å². The van der Waals surface area contributed by atoms with Crippen LogP contribution in [0.25, 0.3) is 34.4 Å². The molecule has 4 heteroatoms. The van der Waals surface area contributed by atoms with Crippen LogP contribution in [0.2, 0.25) is 9.26 Å². The van der Waals surface area contributed by atoms with E-state index in [4.69, 9.17) is 0 Å². The summed E-state index contributed by atoms with van der Waals surface area (Å²) in [5.74, 6) is 0. The maximum Gasteiger partial charge on any atom is -0.147 e. The molecule has 4 aromatic carbocycles. The average molecular weight is 775 g/mol. The first kappa shape index (κ1) is 38.8. The van der Waals surface area contributed by atoms with E-state index >= 15 is 0 Å². The zero-order valence-electron chi connectivity index (χ0n) is 30.8. The van der Waals surface area contributed by atoms with Gasteiger partial charge in [0.2, 0.25) is 0 Å². The van der Waals surface area contributed by atoms with Gasteiger partial charge >= 0.3 is 284 Å². The van der Waals surface area contributed by atoms with Crippen molar-refractivity contribution in [1.29, 1.82) is 0 Å². The van der Waals surface area contributed by atoms with Crippen LogP contribution in [-0.2, 0) is 28.2 Å². The quantitative estimate of drug-likeness (QED) is 0.171. The first-order chi connectivity index (χ1) is 21.5. The normalized spacial score (nSPS) is 17.5. The second-order valence-electron chi connectivity index (χ2n) is 17.2. The van der Waals surface area contributed by atoms with Crippen molar-refractivity contribution >= 4 is 43.8 Å². The number of allylic oxidation sites excluding steroid dienone is 2. The Bertz CT molecular complexity index is 1800. The summed E-state index contributed by atoms with van der Waals surface area (Å²) in [7, 11) is 0. The molecular weight excluding hydrogens is 719 g/mol. The molecule has 0 N–H and O–H groups in total. The van der Waals surface area contributed by atoms with Crippen LogP contribution in [0.15, 0.2) is 96.1 Å². The van der Waals surface area contributed by atoms with Crippen molar-refractivity contribution in [2.75, 3.05) is 0 Å². The van der Waals surface area contributed by atoms with E-state index in [-0.39, 0.29) is 35.6 Å². The van der Waals surface area contributed by atoms with Crippen LogP contribution < -0.4 is 0 Å². The molecule has 0 bridgehead atoms. The molecule has 0 radical (unpaired) electrons. The van der Waals surface area contributed by atoms with Crippen molar-refractivity contribution < 1.29 is 17.4 Å². The molecule has 2 aliphatic carbocycles. The number of rotatable bonds is 6. The molecule has 0 nitrogen and oxygen atoms in total. The minimum atomic E-state index is -3.64. The van der Waals surface area contributed by atoms with Crippen LogP contribution in [-0.4, -0.2) is 6.88 Å². The van der Waals surface area contributed by atoms with Gasteiger partial charge in [0.25, 0.3) is 0 Å².